The van der Waals surface area contributed by atoms with Crippen LogP contribution in [0, 0.1) is 23.7 Å². The predicted molar refractivity (Wildman–Crippen MR) is 154 cm³/mol. The second-order valence-electron chi connectivity index (χ2n) is 12.6. The van der Waals surface area contributed by atoms with Crippen molar-refractivity contribution >= 4 is 22.8 Å². The molecule has 1 aromatic carbocycles. The van der Waals surface area contributed by atoms with Crippen LogP contribution in [-0.2, 0) is 11.3 Å². The lowest BCUT2D eigenvalue weighted by atomic mass is 9.79. The van der Waals surface area contributed by atoms with Crippen molar-refractivity contribution in [1.82, 2.24) is 30.4 Å². The van der Waals surface area contributed by atoms with E-state index >= 15 is 0 Å². The van der Waals surface area contributed by atoms with Gasteiger partial charge in [-0.15, -0.1) is 0 Å². The van der Waals surface area contributed by atoms with E-state index < -0.39 is 23.7 Å². The van der Waals surface area contributed by atoms with E-state index in [0.29, 0.717) is 31.6 Å². The van der Waals surface area contributed by atoms with E-state index in [1.54, 1.807) is 23.3 Å². The number of fused-ring (bicyclic) bond motifs is 2. The Morgan fingerprint density at radius 2 is 1.72 bits per heavy atom. The maximum absolute atomic E-state index is 13.1. The molecule has 2 heterocycles. The maximum atomic E-state index is 13.1. The summed E-state index contributed by atoms with van der Waals surface area (Å²) in [4.78, 5) is 30.9. The topological polar surface area (TPSA) is 105 Å². The van der Waals surface area contributed by atoms with E-state index in [2.05, 4.69) is 25.7 Å². The zero-order chi connectivity index (χ0) is 30.8. The number of aromatic nitrogens is 4. The number of hydrogen-bond donors (Lipinski definition) is 3. The van der Waals surface area contributed by atoms with Gasteiger partial charge in [0.1, 0.15) is 5.69 Å². The van der Waals surface area contributed by atoms with Crippen LogP contribution in [0.3, 0.4) is 0 Å². The molecule has 0 aliphatic heterocycles. The summed E-state index contributed by atoms with van der Waals surface area (Å²) < 4.78 is 53.2. The molecule has 3 aromatic rings. The van der Waals surface area contributed by atoms with Gasteiger partial charge in [-0.3, -0.25) is 14.3 Å². The molecule has 43 heavy (non-hydrogen) atoms. The Morgan fingerprint density at radius 1 is 1.02 bits per heavy atom. The largest absolute Gasteiger partial charge is 0.352 e. The highest BCUT2D eigenvalue weighted by molar-refractivity contribution is 5.92. The zero-order valence-corrected chi connectivity index (χ0v) is 24.6. The van der Waals surface area contributed by atoms with Crippen LogP contribution >= 0.6 is 0 Å². The van der Waals surface area contributed by atoms with Crippen LogP contribution in [0.4, 0.5) is 17.6 Å². The van der Waals surface area contributed by atoms with E-state index in [0.717, 1.165) is 16.6 Å². The number of halogens is 4. The SMILES string of the molecule is C1CC1.CC(C)n1nccc1C(=O)NCC1CC2C(C1)C2(F)F.O=C(CC1CC(F)(F)C1)NCc1ccc2nc[nH]c2c1. The number of carbonyl (C=O) groups is 2. The van der Waals surface area contributed by atoms with Gasteiger partial charge in [0.2, 0.25) is 11.8 Å². The molecule has 2 amide bonds. The highest BCUT2D eigenvalue weighted by Crippen LogP contribution is 2.65. The van der Waals surface area contributed by atoms with Crippen molar-refractivity contribution in [2.45, 2.75) is 89.6 Å². The van der Waals surface area contributed by atoms with Crippen molar-refractivity contribution in [2.24, 2.45) is 23.7 Å². The molecule has 2 atom stereocenters. The van der Waals surface area contributed by atoms with Gasteiger partial charge in [0.15, 0.2) is 0 Å². The van der Waals surface area contributed by atoms with Crippen molar-refractivity contribution in [3.63, 3.8) is 0 Å². The number of alkyl halides is 4. The predicted octanol–water partition coefficient (Wildman–Crippen LogP) is 6.27. The van der Waals surface area contributed by atoms with Crippen LogP contribution in [0.2, 0.25) is 0 Å². The highest BCUT2D eigenvalue weighted by atomic mass is 19.3. The number of benzene rings is 1. The number of nitrogens with one attached hydrogen (secondary N) is 3. The van der Waals surface area contributed by atoms with Crippen molar-refractivity contribution in [3.05, 3.63) is 48.0 Å². The van der Waals surface area contributed by atoms with Gasteiger partial charge in [-0.2, -0.15) is 5.10 Å². The average Bonchev–Trinajstić information content (AvgIpc) is 3.63. The zero-order valence-electron chi connectivity index (χ0n) is 24.6. The first-order valence-electron chi connectivity index (χ1n) is 15.2. The highest BCUT2D eigenvalue weighted by Gasteiger charge is 2.71. The van der Waals surface area contributed by atoms with Gasteiger partial charge in [0.05, 0.1) is 17.4 Å². The molecule has 4 saturated carbocycles. The Labute approximate surface area is 248 Å². The van der Waals surface area contributed by atoms with E-state index in [1.165, 1.54) is 19.3 Å². The standard InChI is InChI=1S/C14H19F2N3O.C14H15F2N3O.C3H6/c1-8(2)19-12(3-4-18-19)13(20)17-7-9-5-10-11(6-9)14(10,15)16;15-14(16)5-10(6-14)4-13(20)17-7-9-1-2-11-12(3-9)19-8-18-11;1-2-3-1/h3-4,8-11H,5-7H2,1-2H3,(H,17,20);1-3,8,10H,4-7H2,(H,17,20)(H,18,19);1-3H2. The first kappa shape index (κ1) is 31.0. The third-order valence-electron chi connectivity index (χ3n) is 8.46. The fourth-order valence-electron chi connectivity index (χ4n) is 5.87. The Hall–Kier alpha value is -3.44. The molecule has 2 unspecified atom stereocenters. The normalized spacial score (nSPS) is 24.1. The molecular formula is C31H40F4N6O2. The molecule has 0 spiro atoms. The molecule has 4 aliphatic rings. The van der Waals surface area contributed by atoms with Gasteiger partial charge >= 0.3 is 0 Å². The number of amides is 2. The third kappa shape index (κ3) is 7.94. The number of H-pyrrole nitrogens is 1. The maximum Gasteiger partial charge on any atom is 0.269 e. The fourth-order valence-corrected chi connectivity index (χ4v) is 5.87. The lowest BCUT2D eigenvalue weighted by Crippen LogP contribution is -2.38. The summed E-state index contributed by atoms with van der Waals surface area (Å²) in [7, 11) is 0. The molecular weight excluding hydrogens is 564 g/mol. The Bertz CT molecular complexity index is 1390. The summed E-state index contributed by atoms with van der Waals surface area (Å²) in [5.41, 5.74) is 3.26. The van der Waals surface area contributed by atoms with Crippen LogP contribution in [0.25, 0.3) is 11.0 Å². The number of carbonyl (C=O) groups excluding carboxylic acids is 2. The van der Waals surface area contributed by atoms with E-state index in [1.807, 2.05) is 32.0 Å². The summed E-state index contributed by atoms with van der Waals surface area (Å²) in [5.74, 6) is -6.22. The Balaban J connectivity index is 0.000000156. The number of aromatic amines is 1. The molecule has 234 valence electrons. The molecule has 7 rings (SSSR count). The van der Waals surface area contributed by atoms with Gasteiger partial charge in [-0.25, -0.2) is 22.5 Å². The summed E-state index contributed by atoms with van der Waals surface area (Å²) in [5, 5.41) is 9.72. The molecule has 4 fully saturated rings. The van der Waals surface area contributed by atoms with Crippen LogP contribution in [0.1, 0.15) is 87.3 Å². The van der Waals surface area contributed by atoms with Gasteiger partial charge in [-0.05, 0) is 62.3 Å². The van der Waals surface area contributed by atoms with Gasteiger partial charge < -0.3 is 15.6 Å². The smallest absolute Gasteiger partial charge is 0.269 e. The van der Waals surface area contributed by atoms with Crippen LogP contribution in [0.5, 0.6) is 0 Å². The second-order valence-corrected chi connectivity index (χ2v) is 12.6. The summed E-state index contributed by atoms with van der Waals surface area (Å²) >= 11 is 0. The lowest BCUT2D eigenvalue weighted by Gasteiger charge is -2.34. The first-order valence-corrected chi connectivity index (χ1v) is 15.2. The molecule has 4 aliphatic carbocycles. The number of hydrogen-bond acceptors (Lipinski definition) is 4. The van der Waals surface area contributed by atoms with Crippen LogP contribution in [0.15, 0.2) is 36.8 Å². The molecule has 0 radical (unpaired) electrons. The van der Waals surface area contributed by atoms with E-state index in [9.17, 15) is 27.2 Å². The van der Waals surface area contributed by atoms with Crippen molar-refractivity contribution in [3.8, 4) is 0 Å². The average molecular weight is 605 g/mol. The van der Waals surface area contributed by atoms with E-state index in [4.69, 9.17) is 0 Å². The van der Waals surface area contributed by atoms with Crippen molar-refractivity contribution < 1.29 is 27.2 Å². The quantitative estimate of drug-likeness (QED) is 0.264. The molecule has 2 aromatic heterocycles. The fraction of sp³-hybridized carbons (Fsp3) is 0.613. The Morgan fingerprint density at radius 3 is 2.35 bits per heavy atom. The number of rotatable bonds is 8. The monoisotopic (exact) mass is 604 g/mol. The number of nitrogens with zero attached hydrogens (tertiary/aromatic N) is 3. The summed E-state index contributed by atoms with van der Waals surface area (Å²) in [6.45, 7) is 4.79. The Kier molecular flexibility index (Phi) is 9.12. The van der Waals surface area contributed by atoms with E-state index in [-0.39, 0.29) is 49.0 Å². The van der Waals surface area contributed by atoms with Gasteiger partial charge in [-0.1, -0.05) is 25.3 Å². The molecule has 12 heteroatoms. The molecule has 0 bridgehead atoms. The molecule has 3 N–H and O–H groups in total. The van der Waals surface area contributed by atoms with Crippen LogP contribution < -0.4 is 10.6 Å². The summed E-state index contributed by atoms with van der Waals surface area (Å²) in [6, 6.07) is 7.47. The minimum atomic E-state index is -2.56. The minimum absolute atomic E-state index is 0.114. The molecule has 0 saturated heterocycles. The second kappa shape index (κ2) is 12.7. The lowest BCUT2D eigenvalue weighted by molar-refractivity contribution is -0.133. The third-order valence-corrected chi connectivity index (χ3v) is 8.46. The van der Waals surface area contributed by atoms with Crippen LogP contribution in [-0.4, -0.2) is 50.0 Å². The first-order chi connectivity index (χ1) is 20.4. The minimum Gasteiger partial charge on any atom is -0.352 e. The van der Waals surface area contributed by atoms with Gasteiger partial charge in [0, 0.05) is 56.4 Å². The summed E-state index contributed by atoms with van der Waals surface area (Å²) in [6.07, 6.45) is 8.62. The van der Waals surface area contributed by atoms with Crippen molar-refractivity contribution in [2.75, 3.05) is 6.54 Å². The van der Waals surface area contributed by atoms with Gasteiger partial charge in [0.25, 0.3) is 11.8 Å². The van der Waals surface area contributed by atoms with Crippen molar-refractivity contribution in [1.29, 1.82) is 0 Å². The number of imidazole rings is 1. The molecule has 8 nitrogen and oxygen atoms in total.